The van der Waals surface area contributed by atoms with Crippen molar-refractivity contribution >= 4 is 53.4 Å². The van der Waals surface area contributed by atoms with Gasteiger partial charge >= 0.3 is 0 Å². The first-order valence-electron chi connectivity index (χ1n) is 17.5. The molecule has 0 atom stereocenters. The Labute approximate surface area is 266 Å². The van der Waals surface area contributed by atoms with Gasteiger partial charge in [0, 0.05) is 47.6 Å². The maximum atomic E-state index is 9.10. The van der Waals surface area contributed by atoms with E-state index in [1.54, 1.807) is 12.1 Å². The molecule has 0 bridgehead atoms. The Kier molecular flexibility index (Phi) is 4.26. The SMILES string of the molecule is [2H]c1c([2H])c([2H])c2c(sc3c([2H])c(-c4ccc(-c5nc(-c6ccccc6)nc(-c6ccc7c(c6)oc6ccccc67)n5)cc4)c([2H])c([2H])c32)c1[2H]. The average molecular weight is 589 g/mol. The molecule has 206 valence electrons. The largest absolute Gasteiger partial charge is 0.456 e. The van der Waals surface area contributed by atoms with Crippen molar-refractivity contribution in [1.29, 1.82) is 0 Å². The van der Waals surface area contributed by atoms with E-state index in [0.717, 1.165) is 44.4 Å². The van der Waals surface area contributed by atoms with Gasteiger partial charge in [0.25, 0.3) is 0 Å². The van der Waals surface area contributed by atoms with Crippen LogP contribution < -0.4 is 0 Å². The van der Waals surface area contributed by atoms with E-state index in [1.807, 2.05) is 84.9 Å². The number of rotatable bonds is 4. The molecule has 0 saturated carbocycles. The monoisotopic (exact) mass is 588 g/mol. The fraction of sp³-hybridized carbons (Fsp3) is 0. The molecular formula is C39H23N3OS. The van der Waals surface area contributed by atoms with Crippen LogP contribution in [0.1, 0.15) is 9.60 Å². The van der Waals surface area contributed by atoms with Gasteiger partial charge in [-0.3, -0.25) is 0 Å². The predicted molar refractivity (Wildman–Crippen MR) is 182 cm³/mol. The Balaban J connectivity index is 1.17. The predicted octanol–water partition coefficient (Wildman–Crippen LogP) is 10.8. The number of furan rings is 1. The highest BCUT2D eigenvalue weighted by atomic mass is 32.1. The highest BCUT2D eigenvalue weighted by molar-refractivity contribution is 7.25. The number of fused-ring (bicyclic) bond motifs is 6. The first-order chi connectivity index (χ1) is 24.7. The van der Waals surface area contributed by atoms with Gasteiger partial charge in [0.2, 0.25) is 0 Å². The summed E-state index contributed by atoms with van der Waals surface area (Å²) < 4.78 is 66.8. The van der Waals surface area contributed by atoms with E-state index in [4.69, 9.17) is 29.0 Å². The van der Waals surface area contributed by atoms with Gasteiger partial charge in [-0.2, -0.15) is 0 Å². The Hall–Kier alpha value is -5.65. The van der Waals surface area contributed by atoms with Crippen molar-refractivity contribution in [1.82, 2.24) is 15.0 Å². The van der Waals surface area contributed by atoms with Crippen molar-refractivity contribution in [3.8, 4) is 45.3 Å². The number of hydrogen-bond donors (Lipinski definition) is 0. The van der Waals surface area contributed by atoms with Crippen LogP contribution in [0.15, 0.2) is 144 Å². The van der Waals surface area contributed by atoms with Crippen LogP contribution in [0.2, 0.25) is 0 Å². The lowest BCUT2D eigenvalue weighted by atomic mass is 10.0. The van der Waals surface area contributed by atoms with E-state index in [9.17, 15) is 0 Å². The Morgan fingerprint density at radius 2 is 1.11 bits per heavy atom. The van der Waals surface area contributed by atoms with Gasteiger partial charge in [0.1, 0.15) is 11.2 Å². The molecule has 9 rings (SSSR count). The van der Waals surface area contributed by atoms with E-state index in [0.29, 0.717) is 33.3 Å². The van der Waals surface area contributed by atoms with Gasteiger partial charge in [-0.25, -0.2) is 15.0 Å². The lowest BCUT2D eigenvalue weighted by Crippen LogP contribution is -2.00. The number of thiophene rings is 1. The minimum absolute atomic E-state index is 0.00778. The highest BCUT2D eigenvalue weighted by Crippen LogP contribution is 2.37. The molecule has 0 aliphatic rings. The van der Waals surface area contributed by atoms with Gasteiger partial charge in [0.15, 0.2) is 17.5 Å². The third-order valence-electron chi connectivity index (χ3n) is 7.62. The molecule has 0 fully saturated rings. The van der Waals surface area contributed by atoms with E-state index < -0.39 is 6.04 Å². The number of hydrogen-bond acceptors (Lipinski definition) is 5. The van der Waals surface area contributed by atoms with E-state index in [2.05, 4.69) is 0 Å². The molecule has 5 heteroatoms. The van der Waals surface area contributed by atoms with Crippen molar-refractivity contribution in [3.63, 3.8) is 0 Å². The van der Waals surface area contributed by atoms with Gasteiger partial charge in [-0.05, 0) is 41.4 Å². The van der Waals surface area contributed by atoms with Crippen LogP contribution in [-0.4, -0.2) is 15.0 Å². The van der Waals surface area contributed by atoms with E-state index in [-0.39, 0.29) is 57.3 Å². The minimum Gasteiger partial charge on any atom is -0.456 e. The molecule has 4 nitrogen and oxygen atoms in total. The standard InChI is InChI=1S/C39H23N3OS/c1-2-8-25(9-3-1)37-40-38(42-39(41-37)28-19-20-30-29-10-4-6-12-33(29)43-34(30)22-28)26-16-14-24(15-17-26)27-18-21-32-31-11-5-7-13-35(31)44-36(32)23-27/h1-23H/i5D,7D,11D,13D,18D,21D,23D. The first-order valence-corrected chi connectivity index (χ1v) is 14.8. The average Bonchev–Trinajstić information content (AvgIpc) is 3.75. The number of para-hydroxylation sites is 1. The molecule has 0 spiro atoms. The smallest absolute Gasteiger partial charge is 0.164 e. The molecule has 0 radical (unpaired) electrons. The summed E-state index contributed by atoms with van der Waals surface area (Å²) in [5.74, 6) is 1.39. The van der Waals surface area contributed by atoms with Crippen LogP contribution in [-0.2, 0) is 0 Å². The summed E-state index contributed by atoms with van der Waals surface area (Å²) in [5.41, 5.74) is 4.56. The second kappa shape index (κ2) is 9.97. The Bertz CT molecular complexity index is 2890. The van der Waals surface area contributed by atoms with Crippen LogP contribution in [0.4, 0.5) is 0 Å². The van der Waals surface area contributed by atoms with Gasteiger partial charge in [0.05, 0.1) is 9.60 Å². The second-order valence-corrected chi connectivity index (χ2v) is 11.3. The molecule has 3 heterocycles. The zero-order valence-corrected chi connectivity index (χ0v) is 23.7. The molecule has 0 amide bonds. The molecule has 9 aromatic rings. The van der Waals surface area contributed by atoms with Crippen LogP contribution >= 0.6 is 11.3 Å². The van der Waals surface area contributed by atoms with Crippen LogP contribution in [0.25, 0.3) is 87.4 Å². The summed E-state index contributed by atoms with van der Waals surface area (Å²) in [6.07, 6.45) is 0. The molecule has 0 saturated heterocycles. The zero-order valence-electron chi connectivity index (χ0n) is 29.9. The molecule has 44 heavy (non-hydrogen) atoms. The maximum absolute atomic E-state index is 9.10. The summed E-state index contributed by atoms with van der Waals surface area (Å²) in [5, 5.41) is 2.40. The van der Waals surface area contributed by atoms with Crippen molar-refractivity contribution in [2.45, 2.75) is 0 Å². The molecule has 0 aliphatic heterocycles. The molecule has 0 unspecified atom stereocenters. The molecule has 0 N–H and O–H groups in total. The summed E-state index contributed by atoms with van der Waals surface area (Å²) in [6, 6.07) is 29.0. The Morgan fingerprint density at radius 3 is 1.95 bits per heavy atom. The van der Waals surface area contributed by atoms with Crippen LogP contribution in [0.3, 0.4) is 0 Å². The van der Waals surface area contributed by atoms with Crippen molar-refractivity contribution in [3.05, 3.63) is 139 Å². The quantitative estimate of drug-likeness (QED) is 0.205. The lowest BCUT2D eigenvalue weighted by molar-refractivity contribution is 0.669. The molecule has 0 aliphatic carbocycles. The fourth-order valence-electron chi connectivity index (χ4n) is 5.44. The third-order valence-corrected chi connectivity index (χ3v) is 8.64. The topological polar surface area (TPSA) is 51.8 Å². The number of benzene rings is 6. The minimum atomic E-state index is -0.406. The van der Waals surface area contributed by atoms with Crippen LogP contribution in [0.5, 0.6) is 0 Å². The molecule has 6 aromatic carbocycles. The Morgan fingerprint density at radius 1 is 0.477 bits per heavy atom. The highest BCUT2D eigenvalue weighted by Gasteiger charge is 2.15. The first kappa shape index (κ1) is 18.8. The van der Waals surface area contributed by atoms with Gasteiger partial charge in [-0.1, -0.05) is 109 Å². The summed E-state index contributed by atoms with van der Waals surface area (Å²) >= 11 is 1.05. The van der Waals surface area contributed by atoms with E-state index in [1.165, 1.54) is 0 Å². The summed E-state index contributed by atoms with van der Waals surface area (Å²) in [6.45, 7) is 0. The van der Waals surface area contributed by atoms with Crippen molar-refractivity contribution in [2.24, 2.45) is 0 Å². The maximum Gasteiger partial charge on any atom is 0.164 e. The third kappa shape index (κ3) is 4.17. The van der Waals surface area contributed by atoms with E-state index >= 15 is 0 Å². The lowest BCUT2D eigenvalue weighted by Gasteiger charge is -2.09. The van der Waals surface area contributed by atoms with Crippen molar-refractivity contribution in [2.75, 3.05) is 0 Å². The van der Waals surface area contributed by atoms with Gasteiger partial charge < -0.3 is 4.42 Å². The van der Waals surface area contributed by atoms with Gasteiger partial charge in [-0.15, -0.1) is 11.3 Å². The normalized spacial score (nSPS) is 13.9. The molecule has 3 aromatic heterocycles. The molecular weight excluding hydrogens is 559 g/mol. The van der Waals surface area contributed by atoms with Crippen molar-refractivity contribution < 1.29 is 14.0 Å². The fourth-order valence-corrected chi connectivity index (χ4v) is 6.41. The number of aromatic nitrogens is 3. The summed E-state index contributed by atoms with van der Waals surface area (Å²) in [7, 11) is 0. The zero-order chi connectivity index (χ0) is 35.1. The second-order valence-electron chi connectivity index (χ2n) is 10.3. The number of nitrogens with zero attached hydrogens (tertiary/aromatic N) is 3. The summed E-state index contributed by atoms with van der Waals surface area (Å²) in [4.78, 5) is 14.5. The van der Waals surface area contributed by atoms with Crippen LogP contribution in [0, 0.1) is 0 Å².